The molecule has 0 unspecified atom stereocenters. The van der Waals surface area contributed by atoms with Gasteiger partial charge in [-0.3, -0.25) is 9.78 Å². The van der Waals surface area contributed by atoms with Crippen LogP contribution >= 0.6 is 11.3 Å². The molecule has 0 bridgehead atoms. The summed E-state index contributed by atoms with van der Waals surface area (Å²) in [6.45, 7) is 0. The van der Waals surface area contributed by atoms with Gasteiger partial charge in [-0.25, -0.2) is 4.98 Å². The second kappa shape index (κ2) is 4.17. The summed E-state index contributed by atoms with van der Waals surface area (Å²) in [6.07, 6.45) is 2.31. The van der Waals surface area contributed by atoms with E-state index in [0.717, 1.165) is 6.20 Å². The molecule has 0 saturated carbocycles. The van der Waals surface area contributed by atoms with Crippen LogP contribution in [0.5, 0.6) is 0 Å². The predicted molar refractivity (Wildman–Crippen MR) is 57.9 cm³/mol. The SMILES string of the molecule is NC(=O)c1cnc(C(F)(F)c2ccccn2)s1. The zero-order chi connectivity index (χ0) is 12.5. The van der Waals surface area contributed by atoms with Gasteiger partial charge in [0.1, 0.15) is 10.6 Å². The quantitative estimate of drug-likeness (QED) is 0.908. The zero-order valence-corrected chi connectivity index (χ0v) is 9.25. The number of rotatable bonds is 3. The molecule has 0 fully saturated rings. The van der Waals surface area contributed by atoms with Crippen molar-refractivity contribution in [1.29, 1.82) is 0 Å². The van der Waals surface area contributed by atoms with Gasteiger partial charge < -0.3 is 5.73 Å². The lowest BCUT2D eigenvalue weighted by molar-refractivity contribution is 0.0377. The Morgan fingerprint density at radius 3 is 2.65 bits per heavy atom. The Morgan fingerprint density at radius 2 is 2.12 bits per heavy atom. The molecule has 0 aliphatic rings. The van der Waals surface area contributed by atoms with Crippen LogP contribution in [0.15, 0.2) is 30.6 Å². The molecule has 0 aliphatic carbocycles. The van der Waals surface area contributed by atoms with Gasteiger partial charge in [0.2, 0.25) is 0 Å². The van der Waals surface area contributed by atoms with Crippen molar-refractivity contribution in [2.75, 3.05) is 0 Å². The minimum Gasteiger partial charge on any atom is -0.365 e. The Labute approximate surface area is 99.1 Å². The van der Waals surface area contributed by atoms with Gasteiger partial charge in [-0.2, -0.15) is 8.78 Å². The molecule has 0 saturated heterocycles. The monoisotopic (exact) mass is 255 g/mol. The van der Waals surface area contributed by atoms with Gasteiger partial charge in [-0.05, 0) is 12.1 Å². The highest BCUT2D eigenvalue weighted by Crippen LogP contribution is 2.36. The van der Waals surface area contributed by atoms with Crippen LogP contribution in [0.2, 0.25) is 0 Å². The fourth-order valence-electron chi connectivity index (χ4n) is 1.19. The summed E-state index contributed by atoms with van der Waals surface area (Å²) in [5.41, 5.74) is 4.57. The Balaban J connectivity index is 2.41. The van der Waals surface area contributed by atoms with Crippen molar-refractivity contribution in [2.45, 2.75) is 5.92 Å². The van der Waals surface area contributed by atoms with Gasteiger partial charge in [0.25, 0.3) is 5.91 Å². The fraction of sp³-hybridized carbons (Fsp3) is 0.100. The number of pyridine rings is 1. The summed E-state index contributed by atoms with van der Waals surface area (Å²) in [5.74, 6) is -4.09. The van der Waals surface area contributed by atoms with E-state index in [1.807, 2.05) is 0 Å². The number of hydrogen-bond acceptors (Lipinski definition) is 4. The molecule has 0 radical (unpaired) electrons. The minimum absolute atomic E-state index is 0.00407. The third kappa shape index (κ3) is 2.14. The first-order chi connectivity index (χ1) is 8.01. The molecule has 1 amide bonds. The number of primary amides is 1. The lowest BCUT2D eigenvalue weighted by Gasteiger charge is -2.11. The number of alkyl halides is 2. The summed E-state index contributed by atoms with van der Waals surface area (Å²) in [7, 11) is 0. The number of hydrogen-bond donors (Lipinski definition) is 1. The number of halogens is 2. The molecular weight excluding hydrogens is 248 g/mol. The molecule has 2 aromatic rings. The molecule has 2 rings (SSSR count). The second-order valence-corrected chi connectivity index (χ2v) is 4.21. The number of aromatic nitrogens is 2. The van der Waals surface area contributed by atoms with Crippen molar-refractivity contribution in [1.82, 2.24) is 9.97 Å². The van der Waals surface area contributed by atoms with Crippen molar-refractivity contribution >= 4 is 17.2 Å². The molecule has 2 N–H and O–H groups in total. The molecule has 17 heavy (non-hydrogen) atoms. The van der Waals surface area contributed by atoms with Gasteiger partial charge in [-0.1, -0.05) is 6.07 Å². The van der Waals surface area contributed by atoms with Gasteiger partial charge in [0.15, 0.2) is 5.01 Å². The standard InChI is InChI=1S/C10H7F2N3OS/c11-10(12,7-3-1-2-4-14-7)9-15-5-6(17-9)8(13)16/h1-5H,(H2,13,16). The normalized spacial score (nSPS) is 11.4. The van der Waals surface area contributed by atoms with Crippen LogP contribution in [0.1, 0.15) is 20.4 Å². The Bertz CT molecular complexity index is 541. The van der Waals surface area contributed by atoms with E-state index in [1.54, 1.807) is 0 Å². The second-order valence-electron chi connectivity index (χ2n) is 3.18. The summed E-state index contributed by atoms with van der Waals surface area (Å²) in [6, 6.07) is 4.19. The Hall–Kier alpha value is -1.89. The number of carbonyl (C=O) groups excluding carboxylic acids is 1. The third-order valence-electron chi connectivity index (χ3n) is 2.00. The van der Waals surface area contributed by atoms with E-state index in [4.69, 9.17) is 5.73 Å². The number of thiazole rings is 1. The van der Waals surface area contributed by atoms with Gasteiger partial charge in [-0.15, -0.1) is 11.3 Å². The molecule has 0 aliphatic heterocycles. The average Bonchev–Trinajstić information content (AvgIpc) is 2.80. The molecule has 0 aromatic carbocycles. The van der Waals surface area contributed by atoms with Crippen molar-refractivity contribution in [2.24, 2.45) is 5.73 Å². The van der Waals surface area contributed by atoms with Crippen LogP contribution in [-0.4, -0.2) is 15.9 Å². The van der Waals surface area contributed by atoms with Gasteiger partial charge in [0, 0.05) is 6.20 Å². The zero-order valence-electron chi connectivity index (χ0n) is 8.43. The maximum atomic E-state index is 13.9. The highest BCUT2D eigenvalue weighted by Gasteiger charge is 2.39. The Kier molecular flexibility index (Phi) is 2.84. The van der Waals surface area contributed by atoms with Gasteiger partial charge in [0.05, 0.1) is 6.20 Å². The van der Waals surface area contributed by atoms with E-state index in [1.165, 1.54) is 24.4 Å². The molecule has 7 heteroatoms. The minimum atomic E-state index is -3.32. The first-order valence-electron chi connectivity index (χ1n) is 4.57. The van der Waals surface area contributed by atoms with Crippen molar-refractivity contribution in [3.8, 4) is 0 Å². The van der Waals surface area contributed by atoms with Crippen LogP contribution in [0, 0.1) is 0 Å². The van der Waals surface area contributed by atoms with Crippen LogP contribution < -0.4 is 5.73 Å². The van der Waals surface area contributed by atoms with E-state index in [-0.39, 0.29) is 4.88 Å². The third-order valence-corrected chi connectivity index (χ3v) is 3.09. The van der Waals surface area contributed by atoms with Crippen LogP contribution in [-0.2, 0) is 5.92 Å². The first-order valence-corrected chi connectivity index (χ1v) is 5.39. The summed E-state index contributed by atoms with van der Waals surface area (Å²) in [4.78, 5) is 17.9. The number of carbonyl (C=O) groups is 1. The number of nitrogens with two attached hydrogens (primary N) is 1. The van der Waals surface area contributed by atoms with Crippen LogP contribution in [0.25, 0.3) is 0 Å². The van der Waals surface area contributed by atoms with Crippen molar-refractivity contribution in [3.63, 3.8) is 0 Å². The van der Waals surface area contributed by atoms with E-state index in [0.29, 0.717) is 11.3 Å². The summed E-state index contributed by atoms with van der Waals surface area (Å²) >= 11 is 0.567. The van der Waals surface area contributed by atoms with E-state index in [2.05, 4.69) is 9.97 Å². The molecule has 0 atom stereocenters. The molecule has 2 aromatic heterocycles. The highest BCUT2D eigenvalue weighted by atomic mass is 32.1. The largest absolute Gasteiger partial charge is 0.365 e. The smallest absolute Gasteiger partial charge is 0.340 e. The average molecular weight is 255 g/mol. The maximum absolute atomic E-state index is 13.9. The van der Waals surface area contributed by atoms with Crippen LogP contribution in [0.3, 0.4) is 0 Å². The lowest BCUT2D eigenvalue weighted by Crippen LogP contribution is -2.16. The number of nitrogens with zero attached hydrogens (tertiary/aromatic N) is 2. The van der Waals surface area contributed by atoms with Crippen LogP contribution in [0.4, 0.5) is 8.78 Å². The summed E-state index contributed by atoms with van der Waals surface area (Å²) in [5, 5.41) is -0.495. The lowest BCUT2D eigenvalue weighted by atomic mass is 10.2. The summed E-state index contributed by atoms with van der Waals surface area (Å²) < 4.78 is 27.8. The molecule has 2 heterocycles. The molecular formula is C10H7F2N3OS. The van der Waals surface area contributed by atoms with Crippen molar-refractivity contribution < 1.29 is 13.6 Å². The van der Waals surface area contributed by atoms with Gasteiger partial charge >= 0.3 is 5.92 Å². The van der Waals surface area contributed by atoms with E-state index in [9.17, 15) is 13.6 Å². The Morgan fingerprint density at radius 1 is 1.35 bits per heavy atom. The first kappa shape index (κ1) is 11.6. The molecule has 0 spiro atoms. The maximum Gasteiger partial charge on any atom is 0.340 e. The van der Waals surface area contributed by atoms with Crippen molar-refractivity contribution in [3.05, 3.63) is 46.2 Å². The van der Waals surface area contributed by atoms with E-state index < -0.39 is 22.5 Å². The topological polar surface area (TPSA) is 68.9 Å². The number of amides is 1. The highest BCUT2D eigenvalue weighted by molar-refractivity contribution is 7.13. The molecule has 88 valence electrons. The fourth-order valence-corrected chi connectivity index (χ4v) is 1.94. The van der Waals surface area contributed by atoms with E-state index >= 15 is 0 Å². The predicted octanol–water partition coefficient (Wildman–Crippen LogP) is 1.78. The molecule has 4 nitrogen and oxygen atoms in total.